The average Bonchev–Trinajstić information content (AvgIpc) is 2.89. The summed E-state index contributed by atoms with van der Waals surface area (Å²) in [5, 5.41) is 14.6. The lowest BCUT2D eigenvalue weighted by molar-refractivity contribution is 0.297. The van der Waals surface area contributed by atoms with Gasteiger partial charge in [-0.2, -0.15) is 0 Å². The minimum absolute atomic E-state index is 0.181. The number of fused-ring (bicyclic) bond motifs is 8. The lowest BCUT2D eigenvalue weighted by Gasteiger charge is -2.39. The highest BCUT2D eigenvalue weighted by atomic mass is 16.2. The van der Waals surface area contributed by atoms with Gasteiger partial charge in [-0.3, -0.25) is 4.98 Å². The second-order valence-electron chi connectivity index (χ2n) is 6.96. The van der Waals surface area contributed by atoms with Gasteiger partial charge in [0, 0.05) is 48.7 Å². The number of aryl methyl sites for hydroxylation is 1. The molecule has 2 N–H and O–H groups in total. The molecule has 0 spiro atoms. The molecule has 2 aliphatic heterocycles. The van der Waals surface area contributed by atoms with Crippen LogP contribution in [0.1, 0.15) is 40.0 Å². The minimum Gasteiger partial charge on any atom is -0.396 e. The Morgan fingerprint density at radius 3 is 2.88 bits per heavy atom. The van der Waals surface area contributed by atoms with Crippen molar-refractivity contribution in [1.82, 2.24) is 14.9 Å². The van der Waals surface area contributed by atoms with Gasteiger partial charge in [-0.15, -0.1) is 0 Å². The fraction of sp³-hybridized carbons (Fsp3) is 0.350. The van der Waals surface area contributed by atoms with Gasteiger partial charge in [0.25, 0.3) is 0 Å². The second kappa shape index (κ2) is 5.16. The first-order valence-corrected chi connectivity index (χ1v) is 8.66. The number of aliphatic hydroxyl groups is 1. The molecule has 4 heteroatoms. The van der Waals surface area contributed by atoms with Crippen molar-refractivity contribution in [3.05, 3.63) is 64.6 Å². The first-order valence-electron chi connectivity index (χ1n) is 8.66. The molecule has 5 rings (SSSR count). The molecular formula is C20H21N3O. The fourth-order valence-corrected chi connectivity index (χ4v) is 4.73. The molecule has 1 aromatic carbocycles. The summed E-state index contributed by atoms with van der Waals surface area (Å²) < 4.78 is 2.36. The number of nitrogens with one attached hydrogen (secondary N) is 1. The monoisotopic (exact) mass is 319 g/mol. The van der Waals surface area contributed by atoms with Crippen LogP contribution in [0.2, 0.25) is 0 Å². The molecule has 0 aliphatic carbocycles. The van der Waals surface area contributed by atoms with Crippen molar-refractivity contribution >= 4 is 10.9 Å². The van der Waals surface area contributed by atoms with Crippen molar-refractivity contribution in [2.45, 2.75) is 31.3 Å². The largest absolute Gasteiger partial charge is 0.396 e. The van der Waals surface area contributed by atoms with E-state index in [0.717, 1.165) is 12.8 Å². The molecule has 4 heterocycles. The number of hydrogen-bond donors (Lipinski definition) is 2. The van der Waals surface area contributed by atoms with E-state index in [-0.39, 0.29) is 6.61 Å². The van der Waals surface area contributed by atoms with Gasteiger partial charge in [-0.1, -0.05) is 18.2 Å². The molecule has 0 saturated carbocycles. The smallest absolute Gasteiger partial charge is 0.0523 e. The quantitative estimate of drug-likeness (QED) is 0.763. The number of hydrogen-bond acceptors (Lipinski definition) is 3. The third kappa shape index (κ3) is 1.84. The SMILES string of the molecule is Cn1c2c(c3ccccc31)C[C@H]1N[C@@H]2Cc2c(CCO)cncc21. The Bertz CT molecular complexity index is 943. The van der Waals surface area contributed by atoms with Crippen molar-refractivity contribution in [3.8, 4) is 0 Å². The Kier molecular flexibility index (Phi) is 3.05. The van der Waals surface area contributed by atoms with Crippen molar-refractivity contribution in [2.24, 2.45) is 7.05 Å². The first-order chi connectivity index (χ1) is 11.8. The molecular weight excluding hydrogens is 298 g/mol. The van der Waals surface area contributed by atoms with Crippen molar-refractivity contribution in [2.75, 3.05) is 6.61 Å². The minimum atomic E-state index is 0.181. The van der Waals surface area contributed by atoms with Gasteiger partial charge in [-0.05, 0) is 47.6 Å². The fourth-order valence-electron chi connectivity index (χ4n) is 4.73. The highest BCUT2D eigenvalue weighted by molar-refractivity contribution is 5.86. The van der Waals surface area contributed by atoms with Gasteiger partial charge in [0.05, 0.1) is 6.04 Å². The van der Waals surface area contributed by atoms with Crippen LogP contribution in [-0.4, -0.2) is 21.3 Å². The summed E-state index contributed by atoms with van der Waals surface area (Å²) >= 11 is 0. The molecule has 0 unspecified atom stereocenters. The highest BCUT2D eigenvalue weighted by Crippen LogP contribution is 2.43. The predicted octanol–water partition coefficient (Wildman–Crippen LogP) is 2.59. The van der Waals surface area contributed by atoms with Crippen molar-refractivity contribution in [3.63, 3.8) is 0 Å². The van der Waals surface area contributed by atoms with E-state index in [1.165, 1.54) is 38.9 Å². The Morgan fingerprint density at radius 1 is 1.17 bits per heavy atom. The number of benzene rings is 1. The van der Waals surface area contributed by atoms with Crippen LogP contribution in [0.3, 0.4) is 0 Å². The van der Waals surface area contributed by atoms with Crippen LogP contribution < -0.4 is 5.32 Å². The van der Waals surface area contributed by atoms with Gasteiger partial charge in [0.2, 0.25) is 0 Å². The third-order valence-electron chi connectivity index (χ3n) is 5.75. The van der Waals surface area contributed by atoms with Gasteiger partial charge in [0.15, 0.2) is 0 Å². The number of para-hydroxylation sites is 1. The molecule has 2 bridgehead atoms. The molecule has 0 fully saturated rings. The maximum absolute atomic E-state index is 9.37. The Hall–Kier alpha value is -2.17. The number of aromatic nitrogens is 2. The van der Waals surface area contributed by atoms with Crippen LogP contribution in [0, 0.1) is 0 Å². The first kappa shape index (κ1) is 14.2. The van der Waals surface area contributed by atoms with Crippen LogP contribution in [0.15, 0.2) is 36.7 Å². The summed E-state index contributed by atoms with van der Waals surface area (Å²) in [5.74, 6) is 0. The number of pyridine rings is 1. The molecule has 3 aromatic rings. The van der Waals surface area contributed by atoms with E-state index in [1.807, 2.05) is 12.4 Å². The zero-order chi connectivity index (χ0) is 16.3. The molecule has 2 atom stereocenters. The van der Waals surface area contributed by atoms with Gasteiger partial charge >= 0.3 is 0 Å². The average molecular weight is 319 g/mol. The van der Waals surface area contributed by atoms with E-state index < -0.39 is 0 Å². The van der Waals surface area contributed by atoms with Crippen LogP contribution >= 0.6 is 0 Å². The summed E-state index contributed by atoms with van der Waals surface area (Å²) in [5.41, 5.74) is 8.13. The Labute approximate surface area is 141 Å². The third-order valence-corrected chi connectivity index (χ3v) is 5.75. The standard InChI is InChI=1S/C20H21N3O/c1-23-19-5-3-2-4-13(19)15-9-17-16-11-21-10-12(6-7-24)14(16)8-18(22-17)20(15)23/h2-5,10-11,17-18,22,24H,6-9H2,1H3/t17-,18-/m1/s1. The molecule has 0 amide bonds. The summed E-state index contributed by atoms with van der Waals surface area (Å²) in [4.78, 5) is 4.43. The van der Waals surface area contributed by atoms with Crippen LogP contribution in [0.25, 0.3) is 10.9 Å². The van der Waals surface area contributed by atoms with Crippen LogP contribution in [0.4, 0.5) is 0 Å². The van der Waals surface area contributed by atoms with E-state index >= 15 is 0 Å². The molecule has 122 valence electrons. The van der Waals surface area contributed by atoms with E-state index in [2.05, 4.69) is 46.2 Å². The number of nitrogens with zero attached hydrogens (tertiary/aromatic N) is 2. The molecule has 24 heavy (non-hydrogen) atoms. The predicted molar refractivity (Wildman–Crippen MR) is 94.0 cm³/mol. The summed E-state index contributed by atoms with van der Waals surface area (Å²) in [6.45, 7) is 0.181. The lowest BCUT2D eigenvalue weighted by Crippen LogP contribution is -2.40. The molecule has 2 aliphatic rings. The second-order valence-corrected chi connectivity index (χ2v) is 6.96. The maximum Gasteiger partial charge on any atom is 0.0523 e. The van der Waals surface area contributed by atoms with E-state index in [4.69, 9.17) is 0 Å². The topological polar surface area (TPSA) is 50.1 Å². The molecule has 2 aromatic heterocycles. The lowest BCUT2D eigenvalue weighted by atomic mass is 9.79. The van der Waals surface area contributed by atoms with Crippen LogP contribution in [-0.2, 0) is 26.3 Å². The highest BCUT2D eigenvalue weighted by Gasteiger charge is 2.37. The Morgan fingerprint density at radius 2 is 2.00 bits per heavy atom. The van der Waals surface area contributed by atoms with Gasteiger partial charge in [0.1, 0.15) is 0 Å². The molecule has 4 nitrogen and oxygen atoms in total. The van der Waals surface area contributed by atoms with E-state index in [9.17, 15) is 5.11 Å². The molecule has 0 radical (unpaired) electrons. The molecule has 0 saturated heterocycles. The van der Waals surface area contributed by atoms with Crippen molar-refractivity contribution < 1.29 is 5.11 Å². The van der Waals surface area contributed by atoms with Crippen molar-refractivity contribution in [1.29, 1.82) is 0 Å². The van der Waals surface area contributed by atoms with E-state index in [1.54, 1.807) is 0 Å². The van der Waals surface area contributed by atoms with Gasteiger partial charge < -0.3 is 15.0 Å². The maximum atomic E-state index is 9.37. The normalized spacial score (nSPS) is 21.6. The zero-order valence-electron chi connectivity index (χ0n) is 13.8. The van der Waals surface area contributed by atoms with Crippen LogP contribution in [0.5, 0.6) is 0 Å². The van der Waals surface area contributed by atoms with Gasteiger partial charge in [-0.25, -0.2) is 0 Å². The zero-order valence-corrected chi connectivity index (χ0v) is 13.8. The number of rotatable bonds is 2. The summed E-state index contributed by atoms with van der Waals surface area (Å²) in [7, 11) is 2.18. The summed E-state index contributed by atoms with van der Waals surface area (Å²) in [6.07, 6.45) is 6.61. The van der Waals surface area contributed by atoms with E-state index in [0.29, 0.717) is 18.5 Å². The summed E-state index contributed by atoms with van der Waals surface area (Å²) in [6, 6.07) is 9.37. The Balaban J connectivity index is 1.69. The number of aliphatic hydroxyl groups excluding tert-OH is 1.